The van der Waals surface area contributed by atoms with Crippen molar-refractivity contribution in [1.29, 1.82) is 0 Å². The molecule has 1 saturated carbocycles. The Balaban J connectivity index is 0.00000289. The summed E-state index contributed by atoms with van der Waals surface area (Å²) >= 11 is 0. The van der Waals surface area contributed by atoms with E-state index in [0.29, 0.717) is 18.9 Å². The van der Waals surface area contributed by atoms with Gasteiger partial charge in [0, 0.05) is 24.9 Å². The van der Waals surface area contributed by atoms with Crippen molar-refractivity contribution in [3.05, 3.63) is 0 Å². The first-order valence-corrected chi connectivity index (χ1v) is 6.14. The minimum atomic E-state index is -2.51. The average molecular weight is 375 g/mol. The summed E-state index contributed by atoms with van der Waals surface area (Å²) in [5.74, 6) is -2.21. The van der Waals surface area contributed by atoms with E-state index in [4.69, 9.17) is 5.73 Å². The molecule has 1 rings (SSSR count). The summed E-state index contributed by atoms with van der Waals surface area (Å²) in [4.78, 5) is 4.15. The fraction of sp³-hybridized carbons (Fsp3) is 0.917. The number of hydrogen-bond donors (Lipinski definition) is 2. The molecule has 0 aromatic heterocycles. The molecule has 1 aliphatic rings. The lowest BCUT2D eigenvalue weighted by molar-refractivity contribution is -0.0508. The van der Waals surface area contributed by atoms with Crippen LogP contribution in [-0.4, -0.2) is 24.0 Å². The van der Waals surface area contributed by atoms with Crippen LogP contribution in [0.2, 0.25) is 0 Å². The zero-order valence-corrected chi connectivity index (χ0v) is 13.6. The number of alkyl halides is 2. The fourth-order valence-corrected chi connectivity index (χ4v) is 2.08. The van der Waals surface area contributed by atoms with Crippen LogP contribution in [0.1, 0.15) is 46.5 Å². The maximum Gasteiger partial charge on any atom is 0.248 e. The van der Waals surface area contributed by atoms with Crippen molar-refractivity contribution in [2.45, 2.75) is 57.9 Å². The van der Waals surface area contributed by atoms with Crippen molar-refractivity contribution in [2.24, 2.45) is 16.6 Å². The molecule has 108 valence electrons. The Kier molecular flexibility index (Phi) is 6.81. The second-order valence-corrected chi connectivity index (χ2v) is 5.92. The van der Waals surface area contributed by atoms with Gasteiger partial charge < -0.3 is 11.1 Å². The van der Waals surface area contributed by atoms with E-state index in [1.807, 2.05) is 20.8 Å². The molecule has 0 aromatic rings. The van der Waals surface area contributed by atoms with Gasteiger partial charge in [0.1, 0.15) is 0 Å². The average Bonchev–Trinajstić information content (AvgIpc) is 2.10. The normalized spacial score (nSPS) is 24.3. The van der Waals surface area contributed by atoms with E-state index in [9.17, 15) is 8.78 Å². The van der Waals surface area contributed by atoms with E-state index in [0.717, 1.165) is 6.42 Å². The van der Waals surface area contributed by atoms with Gasteiger partial charge in [-0.2, -0.15) is 0 Å². The second-order valence-electron chi connectivity index (χ2n) is 5.92. The molecule has 3 N–H and O–H groups in total. The van der Waals surface area contributed by atoms with Crippen molar-refractivity contribution in [3.63, 3.8) is 0 Å². The quantitative estimate of drug-likeness (QED) is 0.443. The van der Waals surface area contributed by atoms with E-state index in [2.05, 4.69) is 10.3 Å². The van der Waals surface area contributed by atoms with Crippen molar-refractivity contribution in [2.75, 3.05) is 6.54 Å². The van der Waals surface area contributed by atoms with E-state index in [1.165, 1.54) is 0 Å². The maximum absolute atomic E-state index is 13.2. The minimum Gasteiger partial charge on any atom is -0.370 e. The van der Waals surface area contributed by atoms with Gasteiger partial charge in [-0.3, -0.25) is 4.99 Å². The van der Waals surface area contributed by atoms with Gasteiger partial charge in [-0.1, -0.05) is 0 Å². The molecule has 0 saturated heterocycles. The minimum absolute atomic E-state index is 0. The smallest absolute Gasteiger partial charge is 0.248 e. The van der Waals surface area contributed by atoms with Crippen molar-refractivity contribution in [3.8, 4) is 0 Å². The topological polar surface area (TPSA) is 50.4 Å². The van der Waals surface area contributed by atoms with Crippen LogP contribution < -0.4 is 11.1 Å². The van der Waals surface area contributed by atoms with Crippen LogP contribution in [0.5, 0.6) is 0 Å². The van der Waals surface area contributed by atoms with Crippen LogP contribution in [-0.2, 0) is 0 Å². The molecule has 6 heteroatoms. The summed E-state index contributed by atoms with van der Waals surface area (Å²) in [6.45, 7) is 6.32. The molecule has 1 aliphatic carbocycles. The van der Waals surface area contributed by atoms with Gasteiger partial charge in [-0.05, 0) is 39.5 Å². The molecule has 3 nitrogen and oxygen atoms in total. The summed E-state index contributed by atoms with van der Waals surface area (Å²) in [5.41, 5.74) is 5.55. The van der Waals surface area contributed by atoms with Gasteiger partial charge in [0.15, 0.2) is 5.96 Å². The Morgan fingerprint density at radius 2 is 2.06 bits per heavy atom. The first-order chi connectivity index (χ1) is 7.68. The van der Waals surface area contributed by atoms with E-state index in [-0.39, 0.29) is 48.3 Å². The van der Waals surface area contributed by atoms with E-state index in [1.54, 1.807) is 0 Å². The number of halogens is 3. The first-order valence-electron chi connectivity index (χ1n) is 6.14. The number of rotatable bonds is 2. The Hall–Kier alpha value is -0.140. The third-order valence-corrected chi connectivity index (χ3v) is 2.77. The molecule has 1 atom stereocenters. The monoisotopic (exact) mass is 375 g/mol. The molecule has 0 spiro atoms. The molecule has 0 aliphatic heterocycles. The molecule has 0 bridgehead atoms. The van der Waals surface area contributed by atoms with Gasteiger partial charge in [0.05, 0.1) is 0 Å². The largest absolute Gasteiger partial charge is 0.370 e. The van der Waals surface area contributed by atoms with Crippen LogP contribution in [0.4, 0.5) is 8.78 Å². The lowest BCUT2D eigenvalue weighted by atomic mass is 9.87. The molecule has 1 fully saturated rings. The van der Waals surface area contributed by atoms with Crippen LogP contribution in [0.25, 0.3) is 0 Å². The molecule has 1 unspecified atom stereocenters. The third-order valence-electron chi connectivity index (χ3n) is 2.77. The second kappa shape index (κ2) is 6.86. The van der Waals surface area contributed by atoms with Crippen molar-refractivity contribution in [1.82, 2.24) is 5.32 Å². The predicted octanol–water partition coefficient (Wildman–Crippen LogP) is 3.13. The standard InChI is InChI=1S/C12H23F2N3.HI/c1-11(2,3)17-10(15)16-8-9-5-4-6-12(13,14)7-9;/h9H,4-8H2,1-3H3,(H3,15,16,17);1H. The molecule has 0 heterocycles. The Labute approximate surface area is 125 Å². The van der Waals surface area contributed by atoms with Crippen LogP contribution >= 0.6 is 24.0 Å². The van der Waals surface area contributed by atoms with Gasteiger partial charge in [-0.25, -0.2) is 8.78 Å². The zero-order chi connectivity index (χ0) is 13.1. The fourth-order valence-electron chi connectivity index (χ4n) is 2.08. The first kappa shape index (κ1) is 17.9. The summed E-state index contributed by atoms with van der Waals surface area (Å²) in [6, 6.07) is 0. The molecular weight excluding hydrogens is 351 g/mol. The summed E-state index contributed by atoms with van der Waals surface area (Å²) in [6.07, 6.45) is 1.36. The lowest BCUT2D eigenvalue weighted by Gasteiger charge is -2.28. The number of hydrogen-bond acceptors (Lipinski definition) is 1. The molecule has 18 heavy (non-hydrogen) atoms. The van der Waals surface area contributed by atoms with Gasteiger partial charge in [0.25, 0.3) is 0 Å². The number of nitrogens with two attached hydrogens (primary N) is 1. The Morgan fingerprint density at radius 3 is 2.56 bits per heavy atom. The van der Waals surface area contributed by atoms with Crippen LogP contribution in [0, 0.1) is 5.92 Å². The van der Waals surface area contributed by atoms with Gasteiger partial charge in [-0.15, -0.1) is 24.0 Å². The van der Waals surface area contributed by atoms with Crippen LogP contribution in [0.3, 0.4) is 0 Å². The SMILES string of the molecule is CC(C)(C)NC(N)=NCC1CCCC(F)(F)C1.I. The Morgan fingerprint density at radius 1 is 1.44 bits per heavy atom. The van der Waals surface area contributed by atoms with Gasteiger partial charge >= 0.3 is 0 Å². The lowest BCUT2D eigenvalue weighted by Crippen LogP contribution is -2.45. The highest BCUT2D eigenvalue weighted by Gasteiger charge is 2.35. The molecule has 0 aromatic carbocycles. The zero-order valence-electron chi connectivity index (χ0n) is 11.3. The summed E-state index contributed by atoms with van der Waals surface area (Å²) < 4.78 is 26.3. The number of nitrogens with zero attached hydrogens (tertiary/aromatic N) is 1. The van der Waals surface area contributed by atoms with E-state index < -0.39 is 5.92 Å². The maximum atomic E-state index is 13.2. The van der Waals surface area contributed by atoms with Gasteiger partial charge in [0.2, 0.25) is 5.92 Å². The van der Waals surface area contributed by atoms with Crippen molar-refractivity contribution >= 4 is 29.9 Å². The molecule has 0 amide bonds. The number of guanidine groups is 1. The highest BCUT2D eigenvalue weighted by atomic mass is 127. The predicted molar refractivity (Wildman–Crippen MR) is 81.7 cm³/mol. The Bertz CT molecular complexity index is 288. The summed E-state index contributed by atoms with van der Waals surface area (Å²) in [7, 11) is 0. The highest BCUT2D eigenvalue weighted by molar-refractivity contribution is 14.0. The van der Waals surface area contributed by atoms with Crippen molar-refractivity contribution < 1.29 is 8.78 Å². The third kappa shape index (κ3) is 7.33. The van der Waals surface area contributed by atoms with E-state index >= 15 is 0 Å². The van der Waals surface area contributed by atoms with Crippen LogP contribution in [0.15, 0.2) is 4.99 Å². The number of nitrogens with one attached hydrogen (secondary N) is 1. The molecule has 0 radical (unpaired) electrons. The summed E-state index contributed by atoms with van der Waals surface area (Å²) in [5, 5.41) is 3.02. The number of aliphatic imine (C=N–C) groups is 1. The molecular formula is C12H24F2IN3. The highest BCUT2D eigenvalue weighted by Crippen LogP contribution is 2.36.